The highest BCUT2D eigenvalue weighted by Gasteiger charge is 2.24. The minimum atomic E-state index is -0.490. The molecule has 4 heteroatoms. The van der Waals surface area contributed by atoms with Crippen molar-refractivity contribution < 1.29 is 0 Å². The highest BCUT2D eigenvalue weighted by atomic mass is 32.1. The molecule has 0 saturated heterocycles. The van der Waals surface area contributed by atoms with E-state index in [0.29, 0.717) is 12.5 Å². The average Bonchev–Trinajstić information content (AvgIpc) is 2.70. The Hall–Kier alpha value is -0.920. The molecule has 0 aliphatic carbocycles. The molecule has 82 valence electrons. The summed E-state index contributed by atoms with van der Waals surface area (Å²) in [5.74, 6) is 0.324. The second-order valence-electron chi connectivity index (χ2n) is 4.16. The summed E-state index contributed by atoms with van der Waals surface area (Å²) < 4.78 is 0. The molecule has 1 rings (SSSR count). The van der Waals surface area contributed by atoms with Crippen LogP contribution in [0.1, 0.15) is 43.8 Å². The van der Waals surface area contributed by atoms with Gasteiger partial charge in [0, 0.05) is 17.8 Å². The van der Waals surface area contributed by atoms with Crippen LogP contribution < -0.4 is 5.73 Å². The van der Waals surface area contributed by atoms with Gasteiger partial charge in [-0.2, -0.15) is 5.26 Å². The average molecular weight is 223 g/mol. The summed E-state index contributed by atoms with van der Waals surface area (Å²) in [5.41, 5.74) is 6.21. The first kappa shape index (κ1) is 12.2. The quantitative estimate of drug-likeness (QED) is 0.852. The zero-order chi connectivity index (χ0) is 11.5. The molecule has 1 heterocycles. The largest absolute Gasteiger partial charge is 0.330 e. The van der Waals surface area contributed by atoms with E-state index in [9.17, 15) is 0 Å². The predicted molar refractivity (Wildman–Crippen MR) is 62.8 cm³/mol. The van der Waals surface area contributed by atoms with Crippen molar-refractivity contribution >= 4 is 11.3 Å². The fourth-order valence-electron chi connectivity index (χ4n) is 1.31. The molecule has 0 aromatic carbocycles. The number of nitrogens with two attached hydrogens (primary N) is 1. The van der Waals surface area contributed by atoms with Crippen molar-refractivity contribution in [2.45, 2.75) is 38.5 Å². The van der Waals surface area contributed by atoms with Crippen molar-refractivity contribution in [2.75, 3.05) is 6.54 Å². The Morgan fingerprint density at radius 1 is 1.67 bits per heavy atom. The summed E-state index contributed by atoms with van der Waals surface area (Å²) in [5, 5.41) is 11.9. The van der Waals surface area contributed by atoms with Crippen LogP contribution in [0.2, 0.25) is 0 Å². The Balaban J connectivity index is 2.95. The lowest BCUT2D eigenvalue weighted by molar-refractivity contribution is 0.634. The van der Waals surface area contributed by atoms with Crippen LogP contribution in [0.4, 0.5) is 0 Å². The molecular weight excluding hydrogens is 206 g/mol. The van der Waals surface area contributed by atoms with Gasteiger partial charge in [-0.3, -0.25) is 0 Å². The monoisotopic (exact) mass is 223 g/mol. The van der Waals surface area contributed by atoms with E-state index < -0.39 is 5.41 Å². The Bertz CT molecular complexity index is 358. The van der Waals surface area contributed by atoms with Crippen molar-refractivity contribution in [1.82, 2.24) is 4.98 Å². The minimum absolute atomic E-state index is 0.324. The van der Waals surface area contributed by atoms with E-state index in [0.717, 1.165) is 17.1 Å². The molecule has 1 aromatic heterocycles. The van der Waals surface area contributed by atoms with E-state index in [-0.39, 0.29) is 0 Å². The zero-order valence-electron chi connectivity index (χ0n) is 9.45. The number of hydrogen-bond acceptors (Lipinski definition) is 4. The first-order chi connectivity index (χ1) is 7.05. The third-order valence-corrected chi connectivity index (χ3v) is 3.72. The molecule has 15 heavy (non-hydrogen) atoms. The molecule has 0 fully saturated rings. The van der Waals surface area contributed by atoms with E-state index in [1.54, 1.807) is 11.3 Å². The normalized spacial score (nSPS) is 13.5. The van der Waals surface area contributed by atoms with Gasteiger partial charge in [0.2, 0.25) is 0 Å². The lowest BCUT2D eigenvalue weighted by atomic mass is 9.97. The van der Waals surface area contributed by atoms with Gasteiger partial charge in [0.25, 0.3) is 0 Å². The van der Waals surface area contributed by atoms with Crippen molar-refractivity contribution in [1.29, 1.82) is 5.26 Å². The maximum atomic E-state index is 9.00. The molecule has 0 amide bonds. The van der Waals surface area contributed by atoms with Crippen molar-refractivity contribution in [3.05, 3.63) is 16.1 Å². The van der Waals surface area contributed by atoms with Crippen molar-refractivity contribution in [3.63, 3.8) is 0 Å². The molecule has 0 bridgehead atoms. The van der Waals surface area contributed by atoms with Crippen molar-refractivity contribution in [3.8, 4) is 6.07 Å². The summed E-state index contributed by atoms with van der Waals surface area (Å²) in [6.45, 7) is 6.50. The summed E-state index contributed by atoms with van der Waals surface area (Å²) in [6.07, 6.45) is 0.993. The smallest absolute Gasteiger partial charge is 0.113 e. The number of nitrogens with zero attached hydrogens (tertiary/aromatic N) is 2. The Kier molecular flexibility index (Phi) is 3.83. The maximum absolute atomic E-state index is 9.00. The molecule has 3 nitrogen and oxygen atoms in total. The first-order valence-corrected chi connectivity index (χ1v) is 6.00. The summed E-state index contributed by atoms with van der Waals surface area (Å²) >= 11 is 1.55. The molecule has 0 aliphatic rings. The van der Waals surface area contributed by atoms with Crippen LogP contribution in [0, 0.1) is 11.3 Å². The Morgan fingerprint density at radius 2 is 2.33 bits per heavy atom. The number of aromatic nitrogens is 1. The van der Waals surface area contributed by atoms with Crippen LogP contribution in [0.3, 0.4) is 0 Å². The molecule has 1 aromatic rings. The molecule has 2 N–H and O–H groups in total. The van der Waals surface area contributed by atoms with E-state index in [1.165, 1.54) is 0 Å². The highest BCUT2D eigenvalue weighted by Crippen LogP contribution is 2.28. The maximum Gasteiger partial charge on any atom is 0.113 e. The number of hydrogen-bond donors (Lipinski definition) is 1. The minimum Gasteiger partial charge on any atom is -0.330 e. The molecule has 1 unspecified atom stereocenters. The predicted octanol–water partition coefficient (Wildman–Crippen LogP) is 2.40. The fourth-order valence-corrected chi connectivity index (χ4v) is 2.28. The molecule has 0 aliphatic heterocycles. The second kappa shape index (κ2) is 4.73. The van der Waals surface area contributed by atoms with E-state index >= 15 is 0 Å². The van der Waals surface area contributed by atoms with Crippen LogP contribution in [0.15, 0.2) is 5.38 Å². The van der Waals surface area contributed by atoms with Crippen LogP contribution in [-0.4, -0.2) is 11.5 Å². The summed E-state index contributed by atoms with van der Waals surface area (Å²) in [4.78, 5) is 4.51. The highest BCUT2D eigenvalue weighted by molar-refractivity contribution is 7.09. The van der Waals surface area contributed by atoms with Gasteiger partial charge >= 0.3 is 0 Å². The Labute approximate surface area is 94.9 Å². The van der Waals surface area contributed by atoms with Gasteiger partial charge in [0.15, 0.2) is 0 Å². The molecule has 1 atom stereocenters. The molecule has 0 saturated carbocycles. The second-order valence-corrected chi connectivity index (χ2v) is 5.01. The van der Waals surface area contributed by atoms with E-state index in [4.69, 9.17) is 11.0 Å². The van der Waals surface area contributed by atoms with Crippen molar-refractivity contribution in [2.24, 2.45) is 5.73 Å². The number of nitriles is 1. The molecule has 0 radical (unpaired) electrons. The van der Waals surface area contributed by atoms with Gasteiger partial charge < -0.3 is 5.73 Å². The molecular formula is C11H17N3S. The lowest BCUT2D eigenvalue weighted by Gasteiger charge is -2.11. The van der Waals surface area contributed by atoms with Crippen LogP contribution in [0.5, 0.6) is 0 Å². The third kappa shape index (κ3) is 2.55. The lowest BCUT2D eigenvalue weighted by Crippen LogP contribution is -2.15. The summed E-state index contributed by atoms with van der Waals surface area (Å²) in [7, 11) is 0. The van der Waals surface area contributed by atoms with Gasteiger partial charge in [-0.05, 0) is 20.3 Å². The Morgan fingerprint density at radius 3 is 2.80 bits per heavy atom. The van der Waals surface area contributed by atoms with Crippen LogP contribution >= 0.6 is 11.3 Å². The van der Waals surface area contributed by atoms with Gasteiger partial charge in [-0.15, -0.1) is 11.3 Å². The van der Waals surface area contributed by atoms with Crippen LogP contribution in [-0.2, 0) is 5.41 Å². The number of thiazole rings is 1. The first-order valence-electron chi connectivity index (χ1n) is 5.12. The molecule has 0 spiro atoms. The van der Waals surface area contributed by atoms with Gasteiger partial charge in [0.1, 0.15) is 10.4 Å². The van der Waals surface area contributed by atoms with Gasteiger partial charge in [-0.25, -0.2) is 4.98 Å². The van der Waals surface area contributed by atoms with Gasteiger partial charge in [-0.1, -0.05) is 6.92 Å². The third-order valence-electron chi connectivity index (χ3n) is 2.53. The fraction of sp³-hybridized carbons (Fsp3) is 0.636. The van der Waals surface area contributed by atoms with Crippen LogP contribution in [0.25, 0.3) is 0 Å². The number of rotatable bonds is 4. The standard InChI is InChI=1S/C11H17N3S/c1-4-8(5-12)9-6-15-10(14-9)11(2,3)7-13/h6,8H,4-5,12H2,1-3H3. The summed E-state index contributed by atoms with van der Waals surface area (Å²) in [6, 6.07) is 2.26. The van der Waals surface area contributed by atoms with Gasteiger partial charge in [0.05, 0.1) is 11.8 Å². The zero-order valence-corrected chi connectivity index (χ0v) is 10.3. The topological polar surface area (TPSA) is 62.7 Å². The van der Waals surface area contributed by atoms with E-state index in [2.05, 4.69) is 18.0 Å². The SMILES string of the molecule is CCC(CN)c1csc(C(C)(C)C#N)n1. The van der Waals surface area contributed by atoms with E-state index in [1.807, 2.05) is 19.2 Å².